The van der Waals surface area contributed by atoms with Crippen LogP contribution < -0.4 is 10.6 Å². The number of nitrogens with one attached hydrogen (secondary N) is 2. The molecule has 0 bridgehead atoms. The molecule has 1 aromatic rings. The van der Waals surface area contributed by atoms with Crippen LogP contribution in [0, 0.1) is 16.7 Å². The minimum atomic E-state index is -0.265. The fraction of sp³-hybridized carbons (Fsp3) is 0.714. The Morgan fingerprint density at radius 1 is 1.29 bits per heavy atom. The van der Waals surface area contributed by atoms with Gasteiger partial charge in [-0.1, -0.05) is 20.3 Å². The SMILES string of the molecule is CCCC(C)(CCCNC(=O)Nc1cc(C#N)cn1C(C)(C)C)C1OCCO1. The van der Waals surface area contributed by atoms with Crippen molar-refractivity contribution < 1.29 is 14.3 Å². The quantitative estimate of drug-likeness (QED) is 0.651. The van der Waals surface area contributed by atoms with E-state index in [4.69, 9.17) is 14.7 Å². The molecule has 2 N–H and O–H groups in total. The lowest BCUT2D eigenvalue weighted by Gasteiger charge is -2.34. The van der Waals surface area contributed by atoms with E-state index in [-0.39, 0.29) is 23.3 Å². The van der Waals surface area contributed by atoms with Crippen LogP contribution in [0.25, 0.3) is 0 Å². The van der Waals surface area contributed by atoms with Crippen molar-refractivity contribution in [3.05, 3.63) is 17.8 Å². The van der Waals surface area contributed by atoms with Gasteiger partial charge in [-0.3, -0.25) is 5.32 Å². The number of ether oxygens (including phenoxy) is 2. The highest BCUT2D eigenvalue weighted by Crippen LogP contribution is 2.37. The van der Waals surface area contributed by atoms with E-state index in [1.807, 2.05) is 25.3 Å². The van der Waals surface area contributed by atoms with Crippen LogP contribution in [0.5, 0.6) is 0 Å². The van der Waals surface area contributed by atoms with E-state index in [1.165, 1.54) is 0 Å². The number of aromatic nitrogens is 1. The number of amides is 2. The van der Waals surface area contributed by atoms with E-state index in [1.54, 1.807) is 12.3 Å². The fourth-order valence-electron chi connectivity index (χ4n) is 3.72. The highest BCUT2D eigenvalue weighted by Gasteiger charge is 2.37. The van der Waals surface area contributed by atoms with Crippen LogP contribution in [0.1, 0.15) is 65.9 Å². The van der Waals surface area contributed by atoms with Gasteiger partial charge in [0.1, 0.15) is 11.9 Å². The van der Waals surface area contributed by atoms with Crippen molar-refractivity contribution in [2.45, 2.75) is 72.1 Å². The second-order valence-corrected chi connectivity index (χ2v) is 8.73. The van der Waals surface area contributed by atoms with Gasteiger partial charge in [0.15, 0.2) is 6.29 Å². The van der Waals surface area contributed by atoms with Crippen molar-refractivity contribution in [2.24, 2.45) is 5.41 Å². The molecule has 1 aliphatic heterocycles. The lowest BCUT2D eigenvalue weighted by Crippen LogP contribution is -2.36. The zero-order valence-corrected chi connectivity index (χ0v) is 17.8. The summed E-state index contributed by atoms with van der Waals surface area (Å²) in [6, 6.07) is 3.55. The number of nitriles is 1. The zero-order valence-electron chi connectivity index (χ0n) is 17.8. The number of rotatable bonds is 8. The van der Waals surface area contributed by atoms with Crippen LogP contribution in [0.2, 0.25) is 0 Å². The predicted molar refractivity (Wildman–Crippen MR) is 109 cm³/mol. The Kier molecular flexibility index (Phi) is 7.50. The summed E-state index contributed by atoms with van der Waals surface area (Å²) in [7, 11) is 0. The van der Waals surface area contributed by atoms with E-state index >= 15 is 0 Å². The molecule has 1 fully saturated rings. The number of urea groups is 1. The largest absolute Gasteiger partial charge is 0.350 e. The Morgan fingerprint density at radius 3 is 2.54 bits per heavy atom. The first-order chi connectivity index (χ1) is 13.2. The number of anilines is 1. The average Bonchev–Trinajstić information content (AvgIpc) is 3.28. The molecule has 1 aliphatic rings. The maximum Gasteiger partial charge on any atom is 0.320 e. The summed E-state index contributed by atoms with van der Waals surface area (Å²) in [6.07, 6.45) is 5.46. The number of hydrogen-bond acceptors (Lipinski definition) is 4. The van der Waals surface area contributed by atoms with Crippen molar-refractivity contribution in [1.82, 2.24) is 9.88 Å². The summed E-state index contributed by atoms with van der Waals surface area (Å²) < 4.78 is 13.4. The van der Waals surface area contributed by atoms with Crippen LogP contribution in [-0.4, -0.2) is 36.6 Å². The lowest BCUT2D eigenvalue weighted by molar-refractivity contribution is -0.133. The van der Waals surface area contributed by atoms with Gasteiger partial charge in [-0.2, -0.15) is 5.26 Å². The highest BCUT2D eigenvalue weighted by atomic mass is 16.7. The summed E-state index contributed by atoms with van der Waals surface area (Å²) in [5.41, 5.74) is 0.254. The third-order valence-electron chi connectivity index (χ3n) is 5.14. The van der Waals surface area contributed by atoms with Gasteiger partial charge >= 0.3 is 6.03 Å². The number of hydrogen-bond donors (Lipinski definition) is 2. The molecule has 7 heteroatoms. The highest BCUT2D eigenvalue weighted by molar-refractivity contribution is 5.88. The summed E-state index contributed by atoms with van der Waals surface area (Å²) in [4.78, 5) is 12.3. The molecule has 1 saturated heterocycles. The topological polar surface area (TPSA) is 88.3 Å². The molecule has 7 nitrogen and oxygen atoms in total. The van der Waals surface area contributed by atoms with Crippen LogP contribution >= 0.6 is 0 Å². The second kappa shape index (κ2) is 9.44. The molecule has 28 heavy (non-hydrogen) atoms. The summed E-state index contributed by atoms with van der Waals surface area (Å²) >= 11 is 0. The van der Waals surface area contributed by atoms with Gasteiger partial charge < -0.3 is 19.4 Å². The summed E-state index contributed by atoms with van der Waals surface area (Å²) in [5.74, 6) is 0.616. The van der Waals surface area contributed by atoms with Crippen molar-refractivity contribution in [3.8, 4) is 6.07 Å². The lowest BCUT2D eigenvalue weighted by atomic mass is 9.80. The van der Waals surface area contributed by atoms with E-state index in [2.05, 4.69) is 30.6 Å². The second-order valence-electron chi connectivity index (χ2n) is 8.73. The van der Waals surface area contributed by atoms with Crippen LogP contribution in [0.3, 0.4) is 0 Å². The molecular weight excluding hydrogens is 356 g/mol. The first kappa shape index (κ1) is 22.3. The van der Waals surface area contributed by atoms with Crippen LogP contribution in [-0.2, 0) is 15.0 Å². The van der Waals surface area contributed by atoms with Crippen molar-refractivity contribution in [3.63, 3.8) is 0 Å². The first-order valence-electron chi connectivity index (χ1n) is 10.1. The minimum absolute atomic E-state index is 0.0357. The Bertz CT molecular complexity index is 695. The molecule has 2 heterocycles. The van der Waals surface area contributed by atoms with Gasteiger partial charge in [-0.05, 0) is 46.1 Å². The normalized spacial score (nSPS) is 17.1. The molecule has 0 radical (unpaired) electrons. The van der Waals surface area contributed by atoms with E-state index in [0.717, 1.165) is 25.7 Å². The Balaban J connectivity index is 1.86. The molecule has 0 saturated carbocycles. The summed E-state index contributed by atoms with van der Waals surface area (Å²) in [5, 5.41) is 14.9. The Hall–Kier alpha value is -2.04. The number of carbonyl (C=O) groups is 1. The molecular formula is C21H34N4O3. The van der Waals surface area contributed by atoms with Crippen LogP contribution in [0.15, 0.2) is 12.3 Å². The minimum Gasteiger partial charge on any atom is -0.350 e. The molecule has 2 amide bonds. The molecule has 2 rings (SSSR count). The number of carbonyl (C=O) groups excluding carboxylic acids is 1. The zero-order chi connectivity index (χ0) is 20.8. The molecule has 0 aromatic carbocycles. The van der Waals surface area contributed by atoms with Gasteiger partial charge in [-0.25, -0.2) is 4.79 Å². The van der Waals surface area contributed by atoms with Crippen LogP contribution in [0.4, 0.5) is 10.6 Å². The number of nitrogens with zero attached hydrogens (tertiary/aromatic N) is 2. The van der Waals surface area contributed by atoms with Gasteiger partial charge in [0, 0.05) is 23.7 Å². The molecule has 1 aromatic heterocycles. The average molecular weight is 391 g/mol. The standard InChI is InChI=1S/C21H34N4O3/c1-6-8-21(5,18-27-11-12-28-18)9-7-10-23-19(26)24-17-13-16(14-22)15-25(17)20(2,3)4/h13,15,18H,6-12H2,1-5H3,(H2,23,24,26). The smallest absolute Gasteiger partial charge is 0.320 e. The first-order valence-corrected chi connectivity index (χ1v) is 10.1. The van der Waals surface area contributed by atoms with Gasteiger partial charge in [0.25, 0.3) is 0 Å². The molecule has 156 valence electrons. The fourth-order valence-corrected chi connectivity index (χ4v) is 3.72. The van der Waals surface area contributed by atoms with Crippen molar-refractivity contribution in [1.29, 1.82) is 5.26 Å². The molecule has 0 spiro atoms. The third-order valence-corrected chi connectivity index (χ3v) is 5.14. The van der Waals surface area contributed by atoms with Crippen molar-refractivity contribution >= 4 is 11.8 Å². The maximum atomic E-state index is 12.3. The summed E-state index contributed by atoms with van der Waals surface area (Å²) in [6.45, 7) is 12.3. The van der Waals surface area contributed by atoms with E-state index in [9.17, 15) is 4.79 Å². The Morgan fingerprint density at radius 2 is 1.96 bits per heavy atom. The monoisotopic (exact) mass is 390 g/mol. The van der Waals surface area contributed by atoms with E-state index < -0.39 is 0 Å². The van der Waals surface area contributed by atoms with E-state index in [0.29, 0.717) is 31.1 Å². The van der Waals surface area contributed by atoms with Gasteiger partial charge in [0.2, 0.25) is 0 Å². The maximum absolute atomic E-state index is 12.3. The Labute approximate surface area is 168 Å². The molecule has 1 unspecified atom stereocenters. The predicted octanol–water partition coefficient (Wildman–Crippen LogP) is 4.20. The third kappa shape index (κ3) is 5.73. The van der Waals surface area contributed by atoms with Gasteiger partial charge in [0.05, 0.1) is 18.8 Å². The molecule has 0 aliphatic carbocycles. The molecule has 1 atom stereocenters. The van der Waals surface area contributed by atoms with Gasteiger partial charge in [-0.15, -0.1) is 0 Å². The van der Waals surface area contributed by atoms with Crippen molar-refractivity contribution in [2.75, 3.05) is 25.1 Å².